The van der Waals surface area contributed by atoms with Crippen LogP contribution in [0.5, 0.6) is 5.75 Å². The summed E-state index contributed by atoms with van der Waals surface area (Å²) in [4.78, 5) is 17.5. The minimum Gasteiger partial charge on any atom is -0.496 e. The van der Waals surface area contributed by atoms with Crippen LogP contribution in [-0.2, 0) is 0 Å². The van der Waals surface area contributed by atoms with Gasteiger partial charge in [-0.1, -0.05) is 24.3 Å². The zero-order valence-electron chi connectivity index (χ0n) is 17.2. The number of nitrogens with zero attached hydrogens (tertiary/aromatic N) is 4. The Labute approximate surface area is 183 Å². The Balaban J connectivity index is 1.70. The van der Waals surface area contributed by atoms with Gasteiger partial charge in [0.1, 0.15) is 17.4 Å². The molecular formula is C25H18FN5O. The summed E-state index contributed by atoms with van der Waals surface area (Å²) < 4.78 is 19.3. The van der Waals surface area contributed by atoms with Crippen molar-refractivity contribution in [1.82, 2.24) is 19.9 Å². The first-order valence-corrected chi connectivity index (χ1v) is 9.94. The molecule has 5 rings (SSSR count). The molecule has 32 heavy (non-hydrogen) atoms. The molecule has 1 N–H and O–H groups in total. The summed E-state index contributed by atoms with van der Waals surface area (Å²) in [5.74, 6) is 1.39. The number of nitrogens with one attached hydrogen (secondary N) is 1. The standard InChI is InChI=1S/C25H18FN5O/c1-32-23-7-3-2-6-20(23)16-8-9-22-21(11-16)25(29-19-12-18(26)14-28-15-19)31-24(30-22)17-5-4-10-27-13-17/h2-15H,1H3,(H,29,30,31). The van der Waals surface area contributed by atoms with Gasteiger partial charge in [0.2, 0.25) is 0 Å². The van der Waals surface area contributed by atoms with Crippen LogP contribution in [0.25, 0.3) is 33.4 Å². The zero-order chi connectivity index (χ0) is 21.9. The van der Waals surface area contributed by atoms with Crippen molar-refractivity contribution < 1.29 is 9.13 Å². The number of benzene rings is 2. The lowest BCUT2D eigenvalue weighted by Crippen LogP contribution is -2.00. The summed E-state index contributed by atoms with van der Waals surface area (Å²) in [5.41, 5.74) is 3.91. The maximum absolute atomic E-state index is 13.7. The van der Waals surface area contributed by atoms with Crippen LogP contribution in [0.3, 0.4) is 0 Å². The molecule has 0 fully saturated rings. The third-order valence-corrected chi connectivity index (χ3v) is 5.00. The summed E-state index contributed by atoms with van der Waals surface area (Å²) in [6.07, 6.45) is 6.11. The van der Waals surface area contributed by atoms with E-state index in [4.69, 9.17) is 14.7 Å². The van der Waals surface area contributed by atoms with E-state index >= 15 is 0 Å². The number of halogens is 1. The van der Waals surface area contributed by atoms with Crippen LogP contribution in [0.1, 0.15) is 0 Å². The van der Waals surface area contributed by atoms with Gasteiger partial charge in [-0.2, -0.15) is 0 Å². The Morgan fingerprint density at radius 1 is 0.844 bits per heavy atom. The molecule has 3 heterocycles. The number of rotatable bonds is 5. The molecule has 0 unspecified atom stereocenters. The monoisotopic (exact) mass is 423 g/mol. The van der Waals surface area contributed by atoms with Crippen molar-refractivity contribution in [3.05, 3.63) is 91.3 Å². The number of hydrogen-bond donors (Lipinski definition) is 1. The molecule has 0 aliphatic carbocycles. The maximum Gasteiger partial charge on any atom is 0.163 e. The Morgan fingerprint density at radius 2 is 1.75 bits per heavy atom. The average Bonchev–Trinajstić information content (AvgIpc) is 2.84. The van der Waals surface area contributed by atoms with Crippen molar-refractivity contribution in [2.24, 2.45) is 0 Å². The number of para-hydroxylation sites is 1. The Bertz CT molecular complexity index is 1410. The van der Waals surface area contributed by atoms with E-state index in [9.17, 15) is 4.39 Å². The summed E-state index contributed by atoms with van der Waals surface area (Å²) in [6, 6.07) is 18.8. The summed E-state index contributed by atoms with van der Waals surface area (Å²) in [6.45, 7) is 0. The van der Waals surface area contributed by atoms with Gasteiger partial charge >= 0.3 is 0 Å². The molecule has 0 bridgehead atoms. The molecule has 0 aliphatic rings. The molecule has 6 nitrogen and oxygen atoms in total. The third kappa shape index (κ3) is 3.83. The molecule has 0 saturated heterocycles. The van der Waals surface area contributed by atoms with Gasteiger partial charge in [-0.15, -0.1) is 0 Å². The van der Waals surface area contributed by atoms with E-state index in [1.807, 2.05) is 54.6 Å². The smallest absolute Gasteiger partial charge is 0.163 e. The highest BCUT2D eigenvalue weighted by Crippen LogP contribution is 2.34. The summed E-state index contributed by atoms with van der Waals surface area (Å²) in [5, 5.41) is 3.98. The molecule has 156 valence electrons. The number of pyridine rings is 2. The molecule has 0 spiro atoms. The Morgan fingerprint density at radius 3 is 2.56 bits per heavy atom. The topological polar surface area (TPSA) is 72.8 Å². The molecule has 0 amide bonds. The molecule has 2 aromatic carbocycles. The van der Waals surface area contributed by atoms with Crippen LogP contribution in [0.15, 0.2) is 85.5 Å². The van der Waals surface area contributed by atoms with E-state index in [1.165, 1.54) is 6.07 Å². The van der Waals surface area contributed by atoms with Crippen LogP contribution in [0, 0.1) is 5.82 Å². The van der Waals surface area contributed by atoms with Gasteiger partial charge in [0.15, 0.2) is 5.82 Å². The molecule has 0 saturated carbocycles. The predicted molar refractivity (Wildman–Crippen MR) is 122 cm³/mol. The Kier molecular flexibility index (Phi) is 5.13. The molecule has 0 atom stereocenters. The van der Waals surface area contributed by atoms with E-state index in [0.29, 0.717) is 17.3 Å². The first kappa shape index (κ1) is 19.6. The second-order valence-corrected chi connectivity index (χ2v) is 7.09. The SMILES string of the molecule is COc1ccccc1-c1ccc2nc(-c3cccnc3)nc(Nc3cncc(F)c3)c2c1. The van der Waals surface area contributed by atoms with Gasteiger partial charge in [0.05, 0.1) is 30.7 Å². The molecule has 0 aliphatic heterocycles. The number of hydrogen-bond acceptors (Lipinski definition) is 6. The fourth-order valence-electron chi connectivity index (χ4n) is 3.52. The first-order valence-electron chi connectivity index (χ1n) is 9.94. The highest BCUT2D eigenvalue weighted by molar-refractivity contribution is 5.95. The van der Waals surface area contributed by atoms with E-state index in [1.54, 1.807) is 25.7 Å². The fourth-order valence-corrected chi connectivity index (χ4v) is 3.52. The maximum atomic E-state index is 13.7. The highest BCUT2D eigenvalue weighted by Gasteiger charge is 2.13. The predicted octanol–water partition coefficient (Wildman–Crippen LogP) is 5.65. The normalized spacial score (nSPS) is 10.8. The number of methoxy groups -OCH3 is 1. The van der Waals surface area contributed by atoms with Crippen LogP contribution in [0.4, 0.5) is 15.9 Å². The number of ether oxygens (including phenoxy) is 1. The molecule has 7 heteroatoms. The minimum atomic E-state index is -0.435. The van der Waals surface area contributed by atoms with Gasteiger partial charge in [-0.25, -0.2) is 14.4 Å². The van der Waals surface area contributed by atoms with Crippen molar-refractivity contribution >= 4 is 22.4 Å². The highest BCUT2D eigenvalue weighted by atomic mass is 19.1. The second-order valence-electron chi connectivity index (χ2n) is 7.09. The quantitative estimate of drug-likeness (QED) is 0.394. The molecular weight excluding hydrogens is 405 g/mol. The first-order chi connectivity index (χ1) is 15.7. The molecule has 0 radical (unpaired) electrons. The van der Waals surface area contributed by atoms with Crippen LogP contribution < -0.4 is 10.1 Å². The lowest BCUT2D eigenvalue weighted by molar-refractivity contribution is 0.416. The van der Waals surface area contributed by atoms with E-state index in [-0.39, 0.29) is 0 Å². The van der Waals surface area contributed by atoms with Crippen LogP contribution in [-0.4, -0.2) is 27.0 Å². The molecule has 3 aromatic heterocycles. The van der Waals surface area contributed by atoms with Crippen molar-refractivity contribution in [2.45, 2.75) is 0 Å². The van der Waals surface area contributed by atoms with E-state index in [2.05, 4.69) is 15.3 Å². The average molecular weight is 423 g/mol. The van der Waals surface area contributed by atoms with Gasteiger partial charge < -0.3 is 10.1 Å². The van der Waals surface area contributed by atoms with Gasteiger partial charge in [0, 0.05) is 35.0 Å². The van der Waals surface area contributed by atoms with Gasteiger partial charge in [-0.05, 0) is 35.9 Å². The minimum absolute atomic E-state index is 0.435. The second kappa shape index (κ2) is 8.39. The molecule has 5 aromatic rings. The Hall–Kier alpha value is -4.39. The lowest BCUT2D eigenvalue weighted by atomic mass is 10.0. The largest absolute Gasteiger partial charge is 0.496 e. The number of fused-ring (bicyclic) bond motifs is 1. The lowest BCUT2D eigenvalue weighted by Gasteiger charge is -2.13. The van der Waals surface area contributed by atoms with Crippen LogP contribution in [0.2, 0.25) is 0 Å². The number of anilines is 2. The van der Waals surface area contributed by atoms with Gasteiger partial charge in [-0.3, -0.25) is 9.97 Å². The van der Waals surface area contributed by atoms with Crippen molar-refractivity contribution in [3.63, 3.8) is 0 Å². The summed E-state index contributed by atoms with van der Waals surface area (Å²) in [7, 11) is 1.65. The van der Waals surface area contributed by atoms with Crippen molar-refractivity contribution in [2.75, 3.05) is 12.4 Å². The van der Waals surface area contributed by atoms with E-state index < -0.39 is 5.82 Å². The summed E-state index contributed by atoms with van der Waals surface area (Å²) >= 11 is 0. The van der Waals surface area contributed by atoms with Gasteiger partial charge in [0.25, 0.3) is 0 Å². The fraction of sp³-hybridized carbons (Fsp3) is 0.0400. The van der Waals surface area contributed by atoms with Crippen molar-refractivity contribution in [1.29, 1.82) is 0 Å². The zero-order valence-corrected chi connectivity index (χ0v) is 17.2. The third-order valence-electron chi connectivity index (χ3n) is 5.00. The van der Waals surface area contributed by atoms with Crippen LogP contribution >= 0.6 is 0 Å². The number of aromatic nitrogens is 4. The van der Waals surface area contributed by atoms with Crippen molar-refractivity contribution in [3.8, 4) is 28.3 Å². The van der Waals surface area contributed by atoms with E-state index in [0.717, 1.165) is 39.5 Å².